The second-order valence-electron chi connectivity index (χ2n) is 3.57. The van der Waals surface area contributed by atoms with Gasteiger partial charge < -0.3 is 10.5 Å². The van der Waals surface area contributed by atoms with Crippen LogP contribution in [0.1, 0.15) is 19.3 Å². The SMILES string of the molecule is N[C@@H]1CCC[C@H]1Oc1ccc(F)cn1. The summed E-state index contributed by atoms with van der Waals surface area (Å²) < 4.78 is 18.1. The molecule has 0 unspecified atom stereocenters. The monoisotopic (exact) mass is 196 g/mol. The summed E-state index contributed by atoms with van der Waals surface area (Å²) in [5.74, 6) is 0.0989. The van der Waals surface area contributed by atoms with Gasteiger partial charge in [0.25, 0.3) is 0 Å². The summed E-state index contributed by atoms with van der Waals surface area (Å²) in [6.07, 6.45) is 4.22. The minimum Gasteiger partial charge on any atom is -0.473 e. The molecule has 1 fully saturated rings. The molecule has 2 N–H and O–H groups in total. The van der Waals surface area contributed by atoms with Crippen LogP contribution < -0.4 is 10.5 Å². The lowest BCUT2D eigenvalue weighted by atomic mass is 10.2. The van der Waals surface area contributed by atoms with E-state index in [-0.39, 0.29) is 18.0 Å². The number of hydrogen-bond donors (Lipinski definition) is 1. The Morgan fingerprint density at radius 3 is 2.86 bits per heavy atom. The highest BCUT2D eigenvalue weighted by Crippen LogP contribution is 2.22. The fourth-order valence-corrected chi connectivity index (χ4v) is 1.69. The average molecular weight is 196 g/mol. The number of hydrogen-bond acceptors (Lipinski definition) is 3. The number of rotatable bonds is 2. The van der Waals surface area contributed by atoms with Crippen molar-refractivity contribution < 1.29 is 9.13 Å². The van der Waals surface area contributed by atoms with E-state index in [2.05, 4.69) is 4.98 Å². The van der Waals surface area contributed by atoms with Crippen LogP contribution in [0.4, 0.5) is 4.39 Å². The summed E-state index contributed by atoms with van der Waals surface area (Å²) in [5, 5.41) is 0. The zero-order valence-corrected chi connectivity index (χ0v) is 7.82. The Bertz CT molecular complexity index is 301. The van der Waals surface area contributed by atoms with Gasteiger partial charge in [-0.3, -0.25) is 0 Å². The Balaban J connectivity index is 2.00. The normalized spacial score (nSPS) is 26.4. The molecule has 1 aromatic heterocycles. The third-order valence-corrected chi connectivity index (χ3v) is 2.48. The van der Waals surface area contributed by atoms with Crippen LogP contribution in [-0.4, -0.2) is 17.1 Å². The quantitative estimate of drug-likeness (QED) is 0.779. The highest BCUT2D eigenvalue weighted by Gasteiger charge is 2.25. The van der Waals surface area contributed by atoms with Crippen molar-refractivity contribution in [3.8, 4) is 5.88 Å². The first kappa shape index (κ1) is 9.40. The lowest BCUT2D eigenvalue weighted by Crippen LogP contribution is -2.33. The third kappa shape index (κ3) is 2.01. The summed E-state index contributed by atoms with van der Waals surface area (Å²) in [5.41, 5.74) is 5.83. The standard InChI is InChI=1S/C10H13FN2O/c11-7-4-5-10(13-6-7)14-9-3-1-2-8(9)12/h4-6,8-9H,1-3,12H2/t8-,9-/m1/s1. The van der Waals surface area contributed by atoms with Crippen LogP contribution in [0.3, 0.4) is 0 Å². The first-order valence-electron chi connectivity index (χ1n) is 4.79. The fraction of sp³-hybridized carbons (Fsp3) is 0.500. The lowest BCUT2D eigenvalue weighted by molar-refractivity contribution is 0.183. The molecule has 1 aliphatic carbocycles. The molecular weight excluding hydrogens is 183 g/mol. The van der Waals surface area contributed by atoms with Gasteiger partial charge in [0.15, 0.2) is 0 Å². The van der Waals surface area contributed by atoms with Crippen molar-refractivity contribution in [1.82, 2.24) is 4.98 Å². The van der Waals surface area contributed by atoms with Gasteiger partial charge in [0, 0.05) is 12.1 Å². The molecule has 3 nitrogen and oxygen atoms in total. The zero-order chi connectivity index (χ0) is 9.97. The Labute approximate surface area is 82.1 Å². The number of ether oxygens (including phenoxy) is 1. The number of halogens is 1. The van der Waals surface area contributed by atoms with Gasteiger partial charge in [-0.25, -0.2) is 9.37 Å². The highest BCUT2D eigenvalue weighted by atomic mass is 19.1. The van der Waals surface area contributed by atoms with Gasteiger partial charge in [0.05, 0.1) is 6.20 Å². The van der Waals surface area contributed by atoms with Crippen molar-refractivity contribution in [2.45, 2.75) is 31.4 Å². The van der Waals surface area contributed by atoms with E-state index in [0.717, 1.165) is 25.5 Å². The first-order chi connectivity index (χ1) is 6.75. The maximum atomic E-state index is 12.5. The highest BCUT2D eigenvalue weighted by molar-refractivity contribution is 5.11. The topological polar surface area (TPSA) is 48.1 Å². The van der Waals surface area contributed by atoms with E-state index in [1.165, 1.54) is 12.1 Å². The van der Waals surface area contributed by atoms with E-state index < -0.39 is 0 Å². The van der Waals surface area contributed by atoms with Crippen molar-refractivity contribution in [3.63, 3.8) is 0 Å². The number of nitrogens with zero attached hydrogens (tertiary/aromatic N) is 1. The van der Waals surface area contributed by atoms with Gasteiger partial charge in [-0.1, -0.05) is 0 Å². The van der Waals surface area contributed by atoms with E-state index in [1.54, 1.807) is 0 Å². The maximum Gasteiger partial charge on any atom is 0.213 e. The minimum atomic E-state index is -0.354. The molecule has 0 amide bonds. The molecule has 0 saturated heterocycles. The molecule has 1 aromatic rings. The smallest absolute Gasteiger partial charge is 0.213 e. The van der Waals surface area contributed by atoms with Crippen LogP contribution >= 0.6 is 0 Å². The number of pyridine rings is 1. The van der Waals surface area contributed by atoms with E-state index in [0.29, 0.717) is 5.88 Å². The Morgan fingerprint density at radius 1 is 1.43 bits per heavy atom. The fourth-order valence-electron chi connectivity index (χ4n) is 1.69. The zero-order valence-electron chi connectivity index (χ0n) is 7.82. The predicted octanol–water partition coefficient (Wildman–Crippen LogP) is 1.48. The second kappa shape index (κ2) is 3.92. The molecular formula is C10H13FN2O. The van der Waals surface area contributed by atoms with E-state index in [9.17, 15) is 4.39 Å². The Hall–Kier alpha value is -1.16. The second-order valence-corrected chi connectivity index (χ2v) is 3.57. The number of nitrogens with two attached hydrogens (primary N) is 1. The van der Waals surface area contributed by atoms with Gasteiger partial charge in [0.1, 0.15) is 11.9 Å². The van der Waals surface area contributed by atoms with E-state index >= 15 is 0 Å². The van der Waals surface area contributed by atoms with Gasteiger partial charge >= 0.3 is 0 Å². The van der Waals surface area contributed by atoms with Crippen molar-refractivity contribution >= 4 is 0 Å². The molecule has 1 aliphatic rings. The molecule has 2 atom stereocenters. The minimum absolute atomic E-state index is 0.0351. The summed E-state index contributed by atoms with van der Waals surface area (Å²) in [6.45, 7) is 0. The van der Waals surface area contributed by atoms with Crippen molar-refractivity contribution in [2.75, 3.05) is 0 Å². The van der Waals surface area contributed by atoms with Crippen LogP contribution in [0.2, 0.25) is 0 Å². The van der Waals surface area contributed by atoms with Gasteiger partial charge in [-0.2, -0.15) is 0 Å². The Morgan fingerprint density at radius 2 is 2.29 bits per heavy atom. The summed E-state index contributed by atoms with van der Waals surface area (Å²) in [6, 6.07) is 2.95. The molecule has 0 bridgehead atoms. The molecule has 4 heteroatoms. The van der Waals surface area contributed by atoms with Crippen LogP contribution in [-0.2, 0) is 0 Å². The van der Waals surface area contributed by atoms with Crippen LogP contribution in [0.15, 0.2) is 18.3 Å². The molecule has 0 radical (unpaired) electrons. The molecule has 0 aliphatic heterocycles. The molecule has 14 heavy (non-hydrogen) atoms. The average Bonchev–Trinajstić information content (AvgIpc) is 2.56. The summed E-state index contributed by atoms with van der Waals surface area (Å²) in [4.78, 5) is 3.82. The summed E-state index contributed by atoms with van der Waals surface area (Å²) >= 11 is 0. The third-order valence-electron chi connectivity index (χ3n) is 2.48. The van der Waals surface area contributed by atoms with Crippen molar-refractivity contribution in [3.05, 3.63) is 24.1 Å². The summed E-state index contributed by atoms with van der Waals surface area (Å²) in [7, 11) is 0. The van der Waals surface area contributed by atoms with Gasteiger partial charge in [0.2, 0.25) is 5.88 Å². The van der Waals surface area contributed by atoms with E-state index in [1.807, 2.05) is 0 Å². The molecule has 76 valence electrons. The maximum absolute atomic E-state index is 12.5. The molecule has 0 spiro atoms. The molecule has 1 saturated carbocycles. The molecule has 2 rings (SSSR count). The largest absolute Gasteiger partial charge is 0.473 e. The van der Waals surface area contributed by atoms with Gasteiger partial charge in [-0.05, 0) is 25.3 Å². The van der Waals surface area contributed by atoms with Crippen molar-refractivity contribution in [1.29, 1.82) is 0 Å². The Kier molecular flexibility index (Phi) is 2.63. The molecule has 1 heterocycles. The van der Waals surface area contributed by atoms with E-state index in [4.69, 9.17) is 10.5 Å². The first-order valence-corrected chi connectivity index (χ1v) is 4.79. The van der Waals surface area contributed by atoms with Crippen LogP contribution in [0.5, 0.6) is 5.88 Å². The lowest BCUT2D eigenvalue weighted by Gasteiger charge is -2.16. The van der Waals surface area contributed by atoms with Crippen LogP contribution in [0.25, 0.3) is 0 Å². The van der Waals surface area contributed by atoms with Crippen LogP contribution in [0, 0.1) is 5.82 Å². The van der Waals surface area contributed by atoms with Crippen molar-refractivity contribution in [2.24, 2.45) is 5.73 Å². The predicted molar refractivity (Wildman–Crippen MR) is 50.4 cm³/mol. The number of aromatic nitrogens is 1. The molecule has 0 aromatic carbocycles. The van der Waals surface area contributed by atoms with Gasteiger partial charge in [-0.15, -0.1) is 0 Å².